The summed E-state index contributed by atoms with van der Waals surface area (Å²) in [5.41, 5.74) is 6.82. The number of rotatable bonds is 5. The van der Waals surface area contributed by atoms with Crippen LogP contribution in [0.5, 0.6) is 0 Å². The first-order valence-electron chi connectivity index (χ1n) is 5.82. The fourth-order valence-electron chi connectivity index (χ4n) is 1.87. The third kappa shape index (κ3) is 3.86. The summed E-state index contributed by atoms with van der Waals surface area (Å²) in [6.45, 7) is 5.33. The van der Waals surface area contributed by atoms with E-state index in [1.165, 1.54) is 6.07 Å². The summed E-state index contributed by atoms with van der Waals surface area (Å²) >= 11 is 6.12. The molecule has 0 aliphatic rings. The highest BCUT2D eigenvalue weighted by Crippen LogP contribution is 2.28. The smallest absolute Gasteiger partial charge is 0.128 e. The number of anilines is 1. The first-order chi connectivity index (χ1) is 7.95. The van der Waals surface area contributed by atoms with Gasteiger partial charge in [0, 0.05) is 13.6 Å². The van der Waals surface area contributed by atoms with Crippen LogP contribution in [-0.2, 0) is 0 Å². The third-order valence-corrected chi connectivity index (χ3v) is 3.19. The van der Waals surface area contributed by atoms with Gasteiger partial charge in [-0.05, 0) is 43.5 Å². The highest BCUT2D eigenvalue weighted by molar-refractivity contribution is 6.33. The molecule has 1 atom stereocenters. The van der Waals surface area contributed by atoms with Gasteiger partial charge in [-0.15, -0.1) is 0 Å². The topological polar surface area (TPSA) is 29.3 Å². The molecule has 1 rings (SSSR count). The maximum absolute atomic E-state index is 13.5. The Labute approximate surface area is 108 Å². The normalized spacial score (nSPS) is 12.6. The summed E-state index contributed by atoms with van der Waals surface area (Å²) in [4.78, 5) is 1.98. The molecule has 96 valence electrons. The second-order valence-electron chi connectivity index (χ2n) is 4.62. The van der Waals surface area contributed by atoms with Crippen LogP contribution >= 0.6 is 11.6 Å². The molecule has 1 unspecified atom stereocenters. The number of nitrogens with two attached hydrogens (primary N) is 1. The number of hydrogen-bond donors (Lipinski definition) is 1. The molecule has 4 heteroatoms. The predicted octanol–water partition coefficient (Wildman–Crippen LogP) is 3.21. The Kier molecular flexibility index (Phi) is 5.22. The van der Waals surface area contributed by atoms with Crippen molar-refractivity contribution in [1.82, 2.24) is 0 Å². The number of hydrogen-bond acceptors (Lipinski definition) is 2. The van der Waals surface area contributed by atoms with Crippen LogP contribution in [0, 0.1) is 18.7 Å². The summed E-state index contributed by atoms with van der Waals surface area (Å²) in [5.74, 6) is 0.244. The van der Waals surface area contributed by atoms with E-state index < -0.39 is 0 Å². The maximum atomic E-state index is 13.5. The van der Waals surface area contributed by atoms with Crippen molar-refractivity contribution in [3.05, 3.63) is 28.5 Å². The zero-order chi connectivity index (χ0) is 13.0. The van der Waals surface area contributed by atoms with Gasteiger partial charge in [0.2, 0.25) is 0 Å². The van der Waals surface area contributed by atoms with Gasteiger partial charge in [-0.1, -0.05) is 18.5 Å². The van der Waals surface area contributed by atoms with E-state index >= 15 is 0 Å². The summed E-state index contributed by atoms with van der Waals surface area (Å²) < 4.78 is 13.5. The van der Waals surface area contributed by atoms with Gasteiger partial charge in [0.25, 0.3) is 0 Å². The summed E-state index contributed by atoms with van der Waals surface area (Å²) in [6.07, 6.45) is 0.955. The lowest BCUT2D eigenvalue weighted by Gasteiger charge is -2.24. The number of aryl methyl sites for hydroxylation is 1. The Hall–Kier alpha value is -0.800. The highest BCUT2D eigenvalue weighted by atomic mass is 35.5. The Morgan fingerprint density at radius 1 is 1.47 bits per heavy atom. The van der Waals surface area contributed by atoms with Crippen LogP contribution in [0.2, 0.25) is 5.02 Å². The van der Waals surface area contributed by atoms with Gasteiger partial charge in [-0.25, -0.2) is 4.39 Å². The van der Waals surface area contributed by atoms with E-state index in [2.05, 4.69) is 6.92 Å². The Bertz CT molecular complexity index is 382. The number of nitrogens with zero attached hydrogens (tertiary/aromatic N) is 1. The lowest BCUT2D eigenvalue weighted by Crippen LogP contribution is -2.25. The molecular formula is C13H20ClFN2. The van der Waals surface area contributed by atoms with Crippen molar-refractivity contribution < 1.29 is 4.39 Å². The van der Waals surface area contributed by atoms with Gasteiger partial charge in [-0.2, -0.15) is 0 Å². The highest BCUT2D eigenvalue weighted by Gasteiger charge is 2.12. The van der Waals surface area contributed by atoms with E-state index in [1.54, 1.807) is 13.0 Å². The average molecular weight is 259 g/mol. The SMILES string of the molecule is Cc1cc(Cl)c(N(C)CC(C)CCN)cc1F. The fourth-order valence-corrected chi connectivity index (χ4v) is 2.23. The molecule has 0 bridgehead atoms. The minimum absolute atomic E-state index is 0.220. The average Bonchev–Trinajstić information content (AvgIpc) is 2.23. The molecule has 0 spiro atoms. The molecule has 2 N–H and O–H groups in total. The molecule has 17 heavy (non-hydrogen) atoms. The summed E-state index contributed by atoms with van der Waals surface area (Å²) in [6, 6.07) is 3.16. The van der Waals surface area contributed by atoms with E-state index in [1.807, 2.05) is 11.9 Å². The standard InChI is InChI=1S/C13H20ClFN2/c1-9(4-5-16)8-17(3)13-7-12(15)10(2)6-11(13)14/h6-7,9H,4-5,8,16H2,1-3H3. The Balaban J connectivity index is 2.81. The van der Waals surface area contributed by atoms with Crippen molar-refractivity contribution in [3.63, 3.8) is 0 Å². The van der Waals surface area contributed by atoms with Gasteiger partial charge in [0.1, 0.15) is 5.82 Å². The van der Waals surface area contributed by atoms with Gasteiger partial charge >= 0.3 is 0 Å². The van der Waals surface area contributed by atoms with Crippen molar-refractivity contribution in [2.24, 2.45) is 11.7 Å². The van der Waals surface area contributed by atoms with E-state index in [9.17, 15) is 4.39 Å². The van der Waals surface area contributed by atoms with E-state index in [-0.39, 0.29) is 5.82 Å². The quantitative estimate of drug-likeness (QED) is 0.879. The predicted molar refractivity (Wildman–Crippen MR) is 72.3 cm³/mol. The van der Waals surface area contributed by atoms with Crippen molar-refractivity contribution in [1.29, 1.82) is 0 Å². The van der Waals surface area contributed by atoms with E-state index in [0.717, 1.165) is 18.7 Å². The van der Waals surface area contributed by atoms with Crippen LogP contribution in [0.3, 0.4) is 0 Å². The molecule has 1 aromatic carbocycles. The first-order valence-corrected chi connectivity index (χ1v) is 6.20. The minimum Gasteiger partial charge on any atom is -0.373 e. The van der Waals surface area contributed by atoms with E-state index in [0.29, 0.717) is 23.0 Å². The van der Waals surface area contributed by atoms with Gasteiger partial charge in [0.05, 0.1) is 10.7 Å². The van der Waals surface area contributed by atoms with Crippen molar-refractivity contribution in [2.75, 3.05) is 25.0 Å². The first kappa shape index (κ1) is 14.3. The largest absolute Gasteiger partial charge is 0.373 e. The van der Waals surface area contributed by atoms with Crippen LogP contribution in [0.15, 0.2) is 12.1 Å². The van der Waals surface area contributed by atoms with Crippen LogP contribution in [0.25, 0.3) is 0 Å². The summed E-state index contributed by atoms with van der Waals surface area (Å²) in [5, 5.41) is 0.589. The van der Waals surface area contributed by atoms with Crippen LogP contribution in [0.4, 0.5) is 10.1 Å². The molecule has 0 aliphatic carbocycles. The fraction of sp³-hybridized carbons (Fsp3) is 0.538. The maximum Gasteiger partial charge on any atom is 0.128 e. The van der Waals surface area contributed by atoms with Crippen LogP contribution < -0.4 is 10.6 Å². The molecule has 0 saturated carbocycles. The molecule has 0 amide bonds. The third-order valence-electron chi connectivity index (χ3n) is 2.88. The molecule has 0 radical (unpaired) electrons. The second kappa shape index (κ2) is 6.22. The molecule has 0 aromatic heterocycles. The molecule has 2 nitrogen and oxygen atoms in total. The number of halogens is 2. The zero-order valence-corrected chi connectivity index (χ0v) is 11.4. The zero-order valence-electron chi connectivity index (χ0n) is 10.6. The minimum atomic E-state index is -0.220. The van der Waals surface area contributed by atoms with Crippen LogP contribution in [-0.4, -0.2) is 20.1 Å². The van der Waals surface area contributed by atoms with Gasteiger partial charge in [-0.3, -0.25) is 0 Å². The lowest BCUT2D eigenvalue weighted by molar-refractivity contribution is 0.538. The molecule has 0 saturated heterocycles. The van der Waals surface area contributed by atoms with Gasteiger partial charge in [0.15, 0.2) is 0 Å². The molecular weight excluding hydrogens is 239 g/mol. The monoisotopic (exact) mass is 258 g/mol. The molecule has 1 aromatic rings. The molecule has 0 heterocycles. The summed E-state index contributed by atoms with van der Waals surface area (Å²) in [7, 11) is 1.92. The molecule has 0 aliphatic heterocycles. The van der Waals surface area contributed by atoms with Crippen molar-refractivity contribution >= 4 is 17.3 Å². The van der Waals surface area contributed by atoms with E-state index in [4.69, 9.17) is 17.3 Å². The van der Waals surface area contributed by atoms with Crippen molar-refractivity contribution in [3.8, 4) is 0 Å². The van der Waals surface area contributed by atoms with Crippen LogP contribution in [0.1, 0.15) is 18.9 Å². The second-order valence-corrected chi connectivity index (χ2v) is 5.02. The molecule has 0 fully saturated rings. The lowest BCUT2D eigenvalue weighted by atomic mass is 10.1. The number of benzene rings is 1. The Morgan fingerprint density at radius 2 is 2.12 bits per heavy atom. The van der Waals surface area contributed by atoms with Crippen molar-refractivity contribution in [2.45, 2.75) is 20.3 Å². The Morgan fingerprint density at radius 3 is 2.71 bits per heavy atom. The van der Waals surface area contributed by atoms with Gasteiger partial charge < -0.3 is 10.6 Å².